The van der Waals surface area contributed by atoms with Gasteiger partial charge < -0.3 is 15.8 Å². The fraction of sp³-hybridized carbons (Fsp3) is 0.533. The first-order valence-corrected chi connectivity index (χ1v) is 9.28. The summed E-state index contributed by atoms with van der Waals surface area (Å²) in [5.41, 5.74) is 6.23. The molecule has 1 saturated heterocycles. The highest BCUT2D eigenvalue weighted by Crippen LogP contribution is 2.21. The summed E-state index contributed by atoms with van der Waals surface area (Å²) in [6.45, 7) is 2.75. The molecule has 0 radical (unpaired) electrons. The first-order chi connectivity index (χ1) is 10.8. The van der Waals surface area contributed by atoms with Crippen molar-refractivity contribution in [1.82, 2.24) is 0 Å². The minimum Gasteiger partial charge on any atom is -0.381 e. The highest BCUT2D eigenvalue weighted by molar-refractivity contribution is 7.92. The standard InChI is InChI=1S/C15H23N3O4S/c1-2-11-23(20,21)18-13-5-3-12(4-6-13)17-14(19)15(16)7-9-22-10-8-15/h3-6,18H,2,7-11,16H2,1H3,(H,17,19). The maximum Gasteiger partial charge on any atom is 0.244 e. The predicted octanol–water partition coefficient (Wildman–Crippen LogP) is 1.28. The average molecular weight is 341 g/mol. The topological polar surface area (TPSA) is 111 Å². The van der Waals surface area contributed by atoms with E-state index in [-0.39, 0.29) is 11.7 Å². The maximum absolute atomic E-state index is 12.3. The molecule has 128 valence electrons. The number of benzene rings is 1. The van der Waals surface area contributed by atoms with E-state index in [1.165, 1.54) is 0 Å². The average Bonchev–Trinajstić information content (AvgIpc) is 2.49. The summed E-state index contributed by atoms with van der Waals surface area (Å²) in [5, 5.41) is 2.77. The third-order valence-electron chi connectivity index (χ3n) is 3.73. The van der Waals surface area contributed by atoms with E-state index in [0.29, 0.717) is 43.9 Å². The number of carbonyl (C=O) groups excluding carboxylic acids is 1. The van der Waals surface area contributed by atoms with E-state index in [0.717, 1.165) is 0 Å². The van der Waals surface area contributed by atoms with Crippen LogP contribution in [0.25, 0.3) is 0 Å². The van der Waals surface area contributed by atoms with Crippen molar-refractivity contribution in [3.05, 3.63) is 24.3 Å². The molecule has 8 heteroatoms. The molecular formula is C15H23N3O4S. The van der Waals surface area contributed by atoms with Crippen LogP contribution in [0.15, 0.2) is 24.3 Å². The van der Waals surface area contributed by atoms with Crippen LogP contribution in [0.5, 0.6) is 0 Å². The predicted molar refractivity (Wildman–Crippen MR) is 89.7 cm³/mol. The van der Waals surface area contributed by atoms with Crippen LogP contribution in [-0.2, 0) is 19.6 Å². The molecule has 0 saturated carbocycles. The van der Waals surface area contributed by atoms with Gasteiger partial charge in [0.05, 0.1) is 5.75 Å². The lowest BCUT2D eigenvalue weighted by Crippen LogP contribution is -2.54. The van der Waals surface area contributed by atoms with Crippen molar-refractivity contribution in [3.8, 4) is 0 Å². The molecule has 1 heterocycles. The summed E-state index contributed by atoms with van der Waals surface area (Å²) < 4.78 is 31.1. The van der Waals surface area contributed by atoms with Crippen LogP contribution >= 0.6 is 0 Å². The van der Waals surface area contributed by atoms with Crippen molar-refractivity contribution >= 4 is 27.3 Å². The number of hydrogen-bond donors (Lipinski definition) is 3. The first-order valence-electron chi connectivity index (χ1n) is 7.63. The second kappa shape index (κ2) is 7.29. The zero-order valence-corrected chi connectivity index (χ0v) is 14.0. The van der Waals surface area contributed by atoms with Crippen LogP contribution < -0.4 is 15.8 Å². The van der Waals surface area contributed by atoms with Crippen molar-refractivity contribution in [3.63, 3.8) is 0 Å². The van der Waals surface area contributed by atoms with Gasteiger partial charge in [-0.3, -0.25) is 9.52 Å². The quantitative estimate of drug-likeness (QED) is 0.722. The van der Waals surface area contributed by atoms with Gasteiger partial charge in [0.1, 0.15) is 5.54 Å². The highest BCUT2D eigenvalue weighted by Gasteiger charge is 2.35. The fourth-order valence-electron chi connectivity index (χ4n) is 2.34. The van der Waals surface area contributed by atoms with E-state index in [4.69, 9.17) is 10.5 Å². The summed E-state index contributed by atoms with van der Waals surface area (Å²) >= 11 is 0. The molecular weight excluding hydrogens is 318 g/mol. The molecule has 1 amide bonds. The zero-order chi connectivity index (χ0) is 16.9. The summed E-state index contributed by atoms with van der Waals surface area (Å²) in [4.78, 5) is 12.3. The largest absolute Gasteiger partial charge is 0.381 e. The van der Waals surface area contributed by atoms with Crippen molar-refractivity contribution in [1.29, 1.82) is 0 Å². The number of ether oxygens (including phenoxy) is 1. The molecule has 1 aromatic carbocycles. The Hall–Kier alpha value is -1.64. The van der Waals surface area contributed by atoms with Gasteiger partial charge >= 0.3 is 0 Å². The Labute approximate surface area is 136 Å². The van der Waals surface area contributed by atoms with Gasteiger partial charge in [-0.25, -0.2) is 8.42 Å². The molecule has 7 nitrogen and oxygen atoms in total. The summed E-state index contributed by atoms with van der Waals surface area (Å²) in [5.74, 6) is -0.177. The molecule has 23 heavy (non-hydrogen) atoms. The SMILES string of the molecule is CCCS(=O)(=O)Nc1ccc(NC(=O)C2(N)CCOCC2)cc1. The molecule has 4 N–H and O–H groups in total. The van der Waals surface area contributed by atoms with E-state index in [9.17, 15) is 13.2 Å². The van der Waals surface area contributed by atoms with Crippen LogP contribution in [0, 0.1) is 0 Å². The fourth-order valence-corrected chi connectivity index (χ4v) is 3.47. The second-order valence-electron chi connectivity index (χ2n) is 5.72. The van der Waals surface area contributed by atoms with Crippen LogP contribution in [-0.4, -0.2) is 38.8 Å². The Balaban J connectivity index is 1.98. The van der Waals surface area contributed by atoms with Gasteiger partial charge in [0, 0.05) is 24.6 Å². The van der Waals surface area contributed by atoms with Crippen molar-refractivity contribution in [2.75, 3.05) is 29.0 Å². The molecule has 1 aromatic rings. The molecule has 1 aliphatic heterocycles. The van der Waals surface area contributed by atoms with Crippen molar-refractivity contribution in [2.45, 2.75) is 31.7 Å². The molecule has 0 unspecified atom stereocenters. The maximum atomic E-state index is 12.3. The number of nitrogens with two attached hydrogens (primary N) is 1. The number of amides is 1. The molecule has 0 aromatic heterocycles. The third kappa shape index (κ3) is 4.92. The molecule has 0 bridgehead atoms. The van der Waals surface area contributed by atoms with E-state index in [1.54, 1.807) is 31.2 Å². The van der Waals surface area contributed by atoms with E-state index < -0.39 is 15.6 Å². The number of sulfonamides is 1. The summed E-state index contributed by atoms with van der Waals surface area (Å²) in [6.07, 6.45) is 1.51. The monoisotopic (exact) mass is 341 g/mol. The minimum absolute atomic E-state index is 0.0727. The van der Waals surface area contributed by atoms with Crippen LogP contribution in [0.3, 0.4) is 0 Å². The van der Waals surface area contributed by atoms with Crippen molar-refractivity contribution in [2.24, 2.45) is 5.73 Å². The van der Waals surface area contributed by atoms with Gasteiger partial charge in [0.25, 0.3) is 0 Å². The molecule has 2 rings (SSSR count). The molecule has 0 aliphatic carbocycles. The summed E-state index contributed by atoms with van der Waals surface area (Å²) in [6, 6.07) is 6.50. The zero-order valence-electron chi connectivity index (χ0n) is 13.2. The lowest BCUT2D eigenvalue weighted by atomic mass is 9.90. The second-order valence-corrected chi connectivity index (χ2v) is 7.56. The van der Waals surface area contributed by atoms with Crippen LogP contribution in [0.1, 0.15) is 26.2 Å². The van der Waals surface area contributed by atoms with Crippen LogP contribution in [0.4, 0.5) is 11.4 Å². The Morgan fingerprint density at radius 3 is 2.35 bits per heavy atom. The number of carbonyl (C=O) groups is 1. The Morgan fingerprint density at radius 1 is 1.22 bits per heavy atom. The number of hydrogen-bond acceptors (Lipinski definition) is 5. The van der Waals surface area contributed by atoms with Gasteiger partial charge in [0.2, 0.25) is 15.9 Å². The van der Waals surface area contributed by atoms with Gasteiger partial charge in [0.15, 0.2) is 0 Å². The van der Waals surface area contributed by atoms with Gasteiger partial charge in [-0.2, -0.15) is 0 Å². The van der Waals surface area contributed by atoms with Gasteiger partial charge in [-0.15, -0.1) is 0 Å². The lowest BCUT2D eigenvalue weighted by Gasteiger charge is -2.31. The number of rotatable bonds is 6. The Bertz CT molecular complexity index is 637. The minimum atomic E-state index is -3.32. The van der Waals surface area contributed by atoms with E-state index in [2.05, 4.69) is 10.0 Å². The van der Waals surface area contributed by atoms with Crippen LogP contribution in [0.2, 0.25) is 0 Å². The Kier molecular flexibility index (Phi) is 5.61. The van der Waals surface area contributed by atoms with E-state index >= 15 is 0 Å². The summed E-state index contributed by atoms with van der Waals surface area (Å²) in [7, 11) is -3.32. The lowest BCUT2D eigenvalue weighted by molar-refractivity contribution is -0.124. The normalized spacial score (nSPS) is 17.5. The number of nitrogens with one attached hydrogen (secondary N) is 2. The van der Waals surface area contributed by atoms with Crippen molar-refractivity contribution < 1.29 is 17.9 Å². The van der Waals surface area contributed by atoms with Gasteiger partial charge in [-0.05, 0) is 43.5 Å². The smallest absolute Gasteiger partial charge is 0.244 e. The van der Waals surface area contributed by atoms with Gasteiger partial charge in [-0.1, -0.05) is 6.92 Å². The molecule has 0 spiro atoms. The first kappa shape index (κ1) is 17.7. The van der Waals surface area contributed by atoms with E-state index in [1.807, 2.05) is 0 Å². The molecule has 1 aliphatic rings. The number of anilines is 2. The highest BCUT2D eigenvalue weighted by atomic mass is 32.2. The molecule has 1 fully saturated rings. The molecule has 0 atom stereocenters. The third-order valence-corrected chi connectivity index (χ3v) is 5.22. The Morgan fingerprint density at radius 2 is 1.78 bits per heavy atom.